The Balaban J connectivity index is 1.82. The topological polar surface area (TPSA) is 79.2 Å². The first kappa shape index (κ1) is 19.9. The van der Waals surface area contributed by atoms with Crippen LogP contribution in [0.15, 0.2) is 18.2 Å². The zero-order valence-electron chi connectivity index (χ0n) is 16.9. The van der Waals surface area contributed by atoms with Gasteiger partial charge in [0.15, 0.2) is 11.5 Å². The smallest absolute Gasteiger partial charge is 0.243 e. The van der Waals surface area contributed by atoms with Gasteiger partial charge in [0.2, 0.25) is 5.91 Å². The molecule has 0 atom stereocenters. The fraction of sp³-hybridized carbons (Fsp3) is 0.368. The van der Waals surface area contributed by atoms with E-state index in [1.807, 2.05) is 53.0 Å². The number of aromatic nitrogens is 4. The van der Waals surface area contributed by atoms with E-state index in [2.05, 4.69) is 15.4 Å². The lowest BCUT2D eigenvalue weighted by Gasteiger charge is -2.19. The lowest BCUT2D eigenvalue weighted by molar-refractivity contribution is -0.114. The molecule has 3 rings (SSSR count). The lowest BCUT2D eigenvalue weighted by atomic mass is 10.2. The number of carbonyl (C=O) groups is 1. The first-order valence-corrected chi connectivity index (χ1v) is 9.20. The van der Waals surface area contributed by atoms with Crippen molar-refractivity contribution in [2.24, 2.45) is 7.05 Å². The minimum atomic E-state index is -0.164. The number of anilines is 3. The monoisotopic (exact) mass is 401 g/mol. The van der Waals surface area contributed by atoms with Crippen LogP contribution in [-0.2, 0) is 11.8 Å². The number of amides is 1. The molecule has 0 bridgehead atoms. The summed E-state index contributed by atoms with van der Waals surface area (Å²) in [6.07, 6.45) is 0. The molecule has 148 valence electrons. The molecule has 0 aliphatic heterocycles. The number of fused-ring (bicyclic) bond motifs is 1. The maximum absolute atomic E-state index is 12.5. The zero-order chi connectivity index (χ0) is 20.6. The summed E-state index contributed by atoms with van der Waals surface area (Å²) in [5, 5.41) is 8.75. The molecule has 0 spiro atoms. The Morgan fingerprint density at radius 2 is 1.89 bits per heavy atom. The second-order valence-corrected chi connectivity index (χ2v) is 7.45. The van der Waals surface area contributed by atoms with Crippen molar-refractivity contribution < 1.29 is 4.79 Å². The summed E-state index contributed by atoms with van der Waals surface area (Å²) in [5.41, 5.74) is 3.20. The summed E-state index contributed by atoms with van der Waals surface area (Å²) in [6.45, 7) is 4.00. The van der Waals surface area contributed by atoms with Crippen LogP contribution in [0.2, 0.25) is 5.15 Å². The normalized spacial score (nSPS) is 11.0. The van der Waals surface area contributed by atoms with Gasteiger partial charge >= 0.3 is 0 Å². The quantitative estimate of drug-likeness (QED) is 0.662. The van der Waals surface area contributed by atoms with E-state index >= 15 is 0 Å². The number of halogens is 1. The van der Waals surface area contributed by atoms with Crippen LogP contribution in [0.3, 0.4) is 0 Å². The number of likely N-dealkylation sites (N-methyl/N-ethyl adjacent to an activating group) is 1. The number of rotatable bonds is 5. The first-order valence-electron chi connectivity index (χ1n) is 8.82. The van der Waals surface area contributed by atoms with Crippen molar-refractivity contribution in [3.8, 4) is 0 Å². The Bertz CT molecular complexity index is 1020. The molecule has 8 nitrogen and oxygen atoms in total. The second kappa shape index (κ2) is 7.63. The molecule has 3 aromatic heterocycles. The van der Waals surface area contributed by atoms with E-state index in [1.54, 1.807) is 21.7 Å². The van der Waals surface area contributed by atoms with Gasteiger partial charge in [-0.05, 0) is 37.6 Å². The van der Waals surface area contributed by atoms with E-state index in [1.165, 1.54) is 0 Å². The molecular weight excluding hydrogens is 378 g/mol. The van der Waals surface area contributed by atoms with Crippen LogP contribution in [0.25, 0.3) is 11.0 Å². The Morgan fingerprint density at radius 1 is 1.18 bits per heavy atom. The van der Waals surface area contributed by atoms with E-state index < -0.39 is 0 Å². The van der Waals surface area contributed by atoms with Crippen molar-refractivity contribution in [2.45, 2.75) is 13.8 Å². The maximum Gasteiger partial charge on any atom is 0.243 e. The van der Waals surface area contributed by atoms with E-state index in [-0.39, 0.29) is 12.5 Å². The van der Waals surface area contributed by atoms with Crippen molar-refractivity contribution in [1.29, 1.82) is 0 Å². The number of carbonyl (C=O) groups excluding carboxylic acids is 1. The van der Waals surface area contributed by atoms with Gasteiger partial charge in [-0.15, -0.1) is 0 Å². The van der Waals surface area contributed by atoms with E-state index in [0.717, 1.165) is 28.1 Å². The Morgan fingerprint density at radius 3 is 2.54 bits per heavy atom. The van der Waals surface area contributed by atoms with Gasteiger partial charge in [0.25, 0.3) is 0 Å². The third-order valence-electron chi connectivity index (χ3n) is 4.36. The van der Waals surface area contributed by atoms with Gasteiger partial charge in [-0.2, -0.15) is 5.10 Å². The molecule has 9 heteroatoms. The maximum atomic E-state index is 12.5. The lowest BCUT2D eigenvalue weighted by Crippen LogP contribution is -2.30. The highest BCUT2D eigenvalue weighted by Gasteiger charge is 2.17. The van der Waals surface area contributed by atoms with Gasteiger partial charge < -0.3 is 15.1 Å². The average Bonchev–Trinajstić information content (AvgIpc) is 2.91. The molecule has 1 amide bonds. The molecule has 0 aliphatic carbocycles. The largest absolute Gasteiger partial charge is 0.361 e. The van der Waals surface area contributed by atoms with Gasteiger partial charge in [0, 0.05) is 39.6 Å². The van der Waals surface area contributed by atoms with Gasteiger partial charge in [-0.3, -0.25) is 4.79 Å². The van der Waals surface area contributed by atoms with Crippen molar-refractivity contribution in [3.63, 3.8) is 0 Å². The highest BCUT2D eigenvalue weighted by molar-refractivity contribution is 6.29. The molecule has 3 heterocycles. The SMILES string of the molecule is Cc1cc(NC(=O)CN(C)c2cc(C)c3c(N(C)C)nn(C)c3n2)cc(Cl)n1. The van der Waals surface area contributed by atoms with Crippen LogP contribution in [-0.4, -0.2) is 53.3 Å². The van der Waals surface area contributed by atoms with Crippen LogP contribution in [0, 0.1) is 13.8 Å². The van der Waals surface area contributed by atoms with Crippen LogP contribution in [0.5, 0.6) is 0 Å². The van der Waals surface area contributed by atoms with Gasteiger partial charge in [0.05, 0.1) is 11.9 Å². The standard InChI is InChI=1S/C19H24ClN7O/c1-11-7-15(23-18-17(11)19(25(3)4)24-27(18)6)26(5)10-16(28)22-13-8-12(2)21-14(20)9-13/h7-9H,10H2,1-6H3,(H,21,22,28). The highest BCUT2D eigenvalue weighted by Crippen LogP contribution is 2.29. The summed E-state index contributed by atoms with van der Waals surface area (Å²) in [6, 6.07) is 5.37. The minimum Gasteiger partial charge on any atom is -0.361 e. The van der Waals surface area contributed by atoms with Crippen molar-refractivity contribution >= 4 is 45.9 Å². The molecule has 0 unspecified atom stereocenters. The van der Waals surface area contributed by atoms with E-state index in [0.29, 0.717) is 16.7 Å². The highest BCUT2D eigenvalue weighted by atomic mass is 35.5. The minimum absolute atomic E-state index is 0.148. The predicted molar refractivity (Wildman–Crippen MR) is 113 cm³/mol. The van der Waals surface area contributed by atoms with Crippen molar-refractivity contribution in [1.82, 2.24) is 19.7 Å². The molecule has 0 aromatic carbocycles. The molecule has 3 aromatic rings. The van der Waals surface area contributed by atoms with Gasteiger partial charge in [0.1, 0.15) is 11.0 Å². The number of nitrogens with one attached hydrogen (secondary N) is 1. The van der Waals surface area contributed by atoms with Gasteiger partial charge in [-0.1, -0.05) is 11.6 Å². The molecule has 0 radical (unpaired) electrons. The van der Waals surface area contributed by atoms with E-state index in [9.17, 15) is 4.79 Å². The summed E-state index contributed by atoms with van der Waals surface area (Å²) in [5.74, 6) is 1.42. The number of pyridine rings is 2. The Kier molecular flexibility index (Phi) is 5.42. The summed E-state index contributed by atoms with van der Waals surface area (Å²) < 4.78 is 1.76. The van der Waals surface area contributed by atoms with Crippen LogP contribution in [0.4, 0.5) is 17.3 Å². The third kappa shape index (κ3) is 4.01. The zero-order valence-corrected chi connectivity index (χ0v) is 17.7. The number of aryl methyl sites for hydroxylation is 3. The Labute approximate surface area is 169 Å². The molecule has 0 aliphatic rings. The molecule has 0 saturated carbocycles. The summed E-state index contributed by atoms with van der Waals surface area (Å²) >= 11 is 5.95. The van der Waals surface area contributed by atoms with Gasteiger partial charge in [-0.25, -0.2) is 14.6 Å². The van der Waals surface area contributed by atoms with Crippen molar-refractivity contribution in [3.05, 3.63) is 34.6 Å². The average molecular weight is 402 g/mol. The number of nitrogens with zero attached hydrogens (tertiary/aromatic N) is 6. The second-order valence-electron chi connectivity index (χ2n) is 7.06. The molecular formula is C19H24ClN7O. The summed E-state index contributed by atoms with van der Waals surface area (Å²) in [4.78, 5) is 25.0. The van der Waals surface area contributed by atoms with Crippen LogP contribution >= 0.6 is 11.6 Å². The predicted octanol–water partition coefficient (Wildman–Crippen LogP) is 2.77. The molecule has 1 N–H and O–H groups in total. The van der Waals surface area contributed by atoms with E-state index in [4.69, 9.17) is 16.6 Å². The molecule has 28 heavy (non-hydrogen) atoms. The fourth-order valence-electron chi connectivity index (χ4n) is 3.09. The number of hydrogen-bond acceptors (Lipinski definition) is 6. The van der Waals surface area contributed by atoms with Crippen LogP contribution in [0.1, 0.15) is 11.3 Å². The third-order valence-corrected chi connectivity index (χ3v) is 4.55. The van der Waals surface area contributed by atoms with Crippen molar-refractivity contribution in [2.75, 3.05) is 42.8 Å². The number of hydrogen-bond donors (Lipinski definition) is 1. The Hall–Kier alpha value is -2.87. The molecule has 0 saturated heterocycles. The first-order chi connectivity index (χ1) is 13.2. The summed E-state index contributed by atoms with van der Waals surface area (Å²) in [7, 11) is 7.62. The van der Waals surface area contributed by atoms with Crippen LogP contribution < -0.4 is 15.1 Å². The fourth-order valence-corrected chi connectivity index (χ4v) is 3.35. The molecule has 0 fully saturated rings.